The molecule has 54 valence electrons. The SMILES string of the molecule is Cc1cc(N)c(F)c(F)c1. The van der Waals surface area contributed by atoms with Crippen LogP contribution in [0.5, 0.6) is 0 Å². The first-order chi connectivity index (χ1) is 4.61. The highest BCUT2D eigenvalue weighted by Crippen LogP contribution is 2.15. The van der Waals surface area contributed by atoms with Gasteiger partial charge in [0.25, 0.3) is 0 Å². The molecule has 0 heterocycles. The highest BCUT2D eigenvalue weighted by molar-refractivity contribution is 5.42. The fraction of sp³-hybridized carbons (Fsp3) is 0.143. The lowest BCUT2D eigenvalue weighted by Crippen LogP contribution is -1.94. The minimum atomic E-state index is -0.967. The molecule has 2 N–H and O–H groups in total. The Bertz CT molecular complexity index is 235. The van der Waals surface area contributed by atoms with Crippen LogP contribution in [0.4, 0.5) is 14.5 Å². The van der Waals surface area contributed by atoms with Gasteiger partial charge in [0.2, 0.25) is 0 Å². The Morgan fingerprint density at radius 3 is 2.40 bits per heavy atom. The van der Waals surface area contributed by atoms with E-state index in [2.05, 4.69) is 0 Å². The van der Waals surface area contributed by atoms with Crippen LogP contribution < -0.4 is 5.73 Å². The van der Waals surface area contributed by atoms with E-state index in [1.54, 1.807) is 6.92 Å². The second-order valence-electron chi connectivity index (χ2n) is 2.15. The van der Waals surface area contributed by atoms with Crippen molar-refractivity contribution in [1.29, 1.82) is 0 Å². The van der Waals surface area contributed by atoms with Crippen molar-refractivity contribution in [2.75, 3.05) is 5.73 Å². The van der Waals surface area contributed by atoms with Gasteiger partial charge in [0, 0.05) is 0 Å². The molecule has 1 rings (SSSR count). The molecule has 1 nitrogen and oxygen atoms in total. The van der Waals surface area contributed by atoms with E-state index < -0.39 is 11.6 Å². The predicted molar refractivity (Wildman–Crippen MR) is 35.5 cm³/mol. The van der Waals surface area contributed by atoms with Crippen LogP contribution in [0.15, 0.2) is 12.1 Å². The molecule has 0 fully saturated rings. The Balaban J connectivity index is 3.31. The summed E-state index contributed by atoms with van der Waals surface area (Å²) in [5.74, 6) is -1.86. The van der Waals surface area contributed by atoms with E-state index in [0.29, 0.717) is 5.56 Å². The van der Waals surface area contributed by atoms with Gasteiger partial charge in [0.15, 0.2) is 11.6 Å². The van der Waals surface area contributed by atoms with Gasteiger partial charge in [0.05, 0.1) is 5.69 Å². The van der Waals surface area contributed by atoms with Crippen molar-refractivity contribution in [1.82, 2.24) is 0 Å². The molecule has 0 aliphatic rings. The number of benzene rings is 1. The highest BCUT2D eigenvalue weighted by Gasteiger charge is 2.04. The lowest BCUT2D eigenvalue weighted by Gasteiger charge is -1.98. The molecule has 1 aromatic rings. The Hall–Kier alpha value is -1.12. The van der Waals surface area contributed by atoms with Crippen LogP contribution in [-0.4, -0.2) is 0 Å². The summed E-state index contributed by atoms with van der Waals surface area (Å²) in [6.07, 6.45) is 0. The summed E-state index contributed by atoms with van der Waals surface area (Å²) in [7, 11) is 0. The van der Waals surface area contributed by atoms with Crippen LogP contribution in [-0.2, 0) is 0 Å². The molecule has 0 atom stereocenters. The van der Waals surface area contributed by atoms with Crippen molar-refractivity contribution < 1.29 is 8.78 Å². The average Bonchev–Trinajstić information content (AvgIpc) is 1.82. The van der Waals surface area contributed by atoms with Crippen molar-refractivity contribution >= 4 is 5.69 Å². The maximum atomic E-state index is 12.4. The van der Waals surface area contributed by atoms with Crippen LogP contribution >= 0.6 is 0 Å². The van der Waals surface area contributed by atoms with Gasteiger partial charge < -0.3 is 5.73 Å². The van der Waals surface area contributed by atoms with Gasteiger partial charge in [-0.3, -0.25) is 0 Å². The van der Waals surface area contributed by atoms with Crippen molar-refractivity contribution in [2.24, 2.45) is 0 Å². The van der Waals surface area contributed by atoms with Crippen molar-refractivity contribution in [3.63, 3.8) is 0 Å². The number of nitrogens with two attached hydrogens (primary N) is 1. The molecule has 0 aliphatic heterocycles. The zero-order valence-corrected chi connectivity index (χ0v) is 5.49. The van der Waals surface area contributed by atoms with E-state index >= 15 is 0 Å². The predicted octanol–water partition coefficient (Wildman–Crippen LogP) is 1.86. The quantitative estimate of drug-likeness (QED) is 0.551. The van der Waals surface area contributed by atoms with Gasteiger partial charge in [-0.25, -0.2) is 8.78 Å². The van der Waals surface area contributed by atoms with Crippen molar-refractivity contribution in [3.8, 4) is 0 Å². The molecule has 0 saturated heterocycles. The third kappa shape index (κ3) is 1.07. The van der Waals surface area contributed by atoms with Crippen molar-refractivity contribution in [2.45, 2.75) is 6.92 Å². The third-order valence-electron chi connectivity index (χ3n) is 1.20. The fourth-order valence-corrected chi connectivity index (χ4v) is 0.751. The van der Waals surface area contributed by atoms with Crippen LogP contribution in [0, 0.1) is 18.6 Å². The molecule has 0 spiro atoms. The first kappa shape index (κ1) is 6.99. The van der Waals surface area contributed by atoms with Gasteiger partial charge in [0.1, 0.15) is 0 Å². The summed E-state index contributed by atoms with van der Waals surface area (Å²) in [5, 5.41) is 0. The normalized spacial score (nSPS) is 9.90. The van der Waals surface area contributed by atoms with E-state index in [9.17, 15) is 8.78 Å². The Labute approximate surface area is 57.5 Å². The summed E-state index contributed by atoms with van der Waals surface area (Å²) >= 11 is 0. The number of rotatable bonds is 0. The molecule has 0 bridgehead atoms. The lowest BCUT2D eigenvalue weighted by atomic mass is 10.2. The largest absolute Gasteiger partial charge is 0.396 e. The Morgan fingerprint density at radius 1 is 1.30 bits per heavy atom. The molecule has 0 aliphatic carbocycles. The molecule has 1 aromatic carbocycles. The molecule has 0 saturated carbocycles. The monoisotopic (exact) mass is 143 g/mol. The molecular formula is C7H7F2N. The molecular weight excluding hydrogens is 136 g/mol. The number of halogens is 2. The van der Waals surface area contributed by atoms with Gasteiger partial charge in [-0.15, -0.1) is 0 Å². The van der Waals surface area contributed by atoms with Crippen LogP contribution in [0.1, 0.15) is 5.56 Å². The maximum Gasteiger partial charge on any atom is 0.181 e. The zero-order chi connectivity index (χ0) is 7.72. The zero-order valence-electron chi connectivity index (χ0n) is 5.49. The third-order valence-corrected chi connectivity index (χ3v) is 1.20. The van der Waals surface area contributed by atoms with Crippen molar-refractivity contribution in [3.05, 3.63) is 29.3 Å². The maximum absolute atomic E-state index is 12.4. The molecule has 0 aromatic heterocycles. The van der Waals surface area contributed by atoms with E-state index in [1.807, 2.05) is 0 Å². The number of anilines is 1. The van der Waals surface area contributed by atoms with Gasteiger partial charge in [-0.1, -0.05) is 0 Å². The van der Waals surface area contributed by atoms with Gasteiger partial charge in [-0.05, 0) is 24.6 Å². The fourth-order valence-electron chi connectivity index (χ4n) is 0.751. The van der Waals surface area contributed by atoms with E-state index in [0.717, 1.165) is 6.07 Å². The Kier molecular flexibility index (Phi) is 1.57. The molecule has 0 radical (unpaired) electrons. The van der Waals surface area contributed by atoms with E-state index in [1.165, 1.54) is 6.07 Å². The number of hydrogen-bond acceptors (Lipinski definition) is 1. The Morgan fingerprint density at radius 2 is 1.90 bits per heavy atom. The molecule has 0 amide bonds. The summed E-state index contributed by atoms with van der Waals surface area (Å²) in [4.78, 5) is 0. The van der Waals surface area contributed by atoms with Crippen LogP contribution in [0.25, 0.3) is 0 Å². The van der Waals surface area contributed by atoms with Gasteiger partial charge in [-0.2, -0.15) is 0 Å². The first-order valence-electron chi connectivity index (χ1n) is 2.82. The minimum Gasteiger partial charge on any atom is -0.396 e. The minimum absolute atomic E-state index is 0.141. The second kappa shape index (κ2) is 2.25. The second-order valence-corrected chi connectivity index (χ2v) is 2.15. The number of nitrogen functional groups attached to an aromatic ring is 1. The van der Waals surface area contributed by atoms with Gasteiger partial charge >= 0.3 is 0 Å². The first-order valence-corrected chi connectivity index (χ1v) is 2.82. The highest BCUT2D eigenvalue weighted by atomic mass is 19.2. The van der Waals surface area contributed by atoms with Crippen LogP contribution in [0.2, 0.25) is 0 Å². The standard InChI is InChI=1S/C7H7F2N/c1-4-2-5(8)7(9)6(10)3-4/h2-3H,10H2,1H3. The average molecular weight is 143 g/mol. The van der Waals surface area contributed by atoms with E-state index in [-0.39, 0.29) is 5.69 Å². The van der Waals surface area contributed by atoms with E-state index in [4.69, 9.17) is 5.73 Å². The molecule has 3 heteroatoms. The molecule has 10 heavy (non-hydrogen) atoms. The summed E-state index contributed by atoms with van der Waals surface area (Å²) in [5.41, 5.74) is 5.59. The lowest BCUT2D eigenvalue weighted by molar-refractivity contribution is 0.511. The number of hydrogen-bond donors (Lipinski definition) is 1. The summed E-state index contributed by atoms with van der Waals surface area (Å²) in [6.45, 7) is 1.65. The smallest absolute Gasteiger partial charge is 0.181 e. The summed E-state index contributed by atoms with van der Waals surface area (Å²) < 4.78 is 24.8. The number of aryl methyl sites for hydroxylation is 1. The summed E-state index contributed by atoms with van der Waals surface area (Å²) in [6, 6.07) is 2.49. The van der Waals surface area contributed by atoms with Crippen LogP contribution in [0.3, 0.4) is 0 Å². The topological polar surface area (TPSA) is 26.0 Å². The molecule has 0 unspecified atom stereocenters.